The van der Waals surface area contributed by atoms with E-state index in [1.54, 1.807) is 0 Å². The molecule has 7 heteroatoms. The van der Waals surface area contributed by atoms with Crippen molar-refractivity contribution >= 4 is 28.2 Å². The molecule has 1 amide bonds. The van der Waals surface area contributed by atoms with E-state index in [0.717, 1.165) is 26.2 Å². The molecule has 0 radical (unpaired) electrons. The smallest absolute Gasteiger partial charge is 0.265 e. The van der Waals surface area contributed by atoms with Gasteiger partial charge in [-0.15, -0.1) is 0 Å². The lowest BCUT2D eigenvalue weighted by molar-refractivity contribution is 0.0953. The van der Waals surface area contributed by atoms with E-state index in [1.807, 2.05) is 6.92 Å². The second-order valence-electron chi connectivity index (χ2n) is 4.05. The maximum absolute atomic E-state index is 12.0. The fourth-order valence-electron chi connectivity index (χ4n) is 1.67. The lowest BCUT2D eigenvalue weighted by atomic mass is 10.4. The lowest BCUT2D eigenvalue weighted by Gasteiger charge is -2.17. The van der Waals surface area contributed by atoms with Crippen molar-refractivity contribution in [2.75, 3.05) is 43.8 Å². The number of hydrogen-bond acceptors (Lipinski definition) is 6. The van der Waals surface area contributed by atoms with Gasteiger partial charge < -0.3 is 21.3 Å². The molecule has 0 aliphatic heterocycles. The van der Waals surface area contributed by atoms with Crippen LogP contribution in [-0.2, 0) is 0 Å². The Morgan fingerprint density at radius 3 is 2.63 bits per heavy atom. The van der Waals surface area contributed by atoms with E-state index in [4.69, 9.17) is 5.73 Å². The van der Waals surface area contributed by atoms with Crippen molar-refractivity contribution in [2.45, 2.75) is 20.8 Å². The third-order valence-corrected chi connectivity index (χ3v) is 3.82. The first-order valence-electron chi connectivity index (χ1n) is 6.63. The number of carbonyl (C=O) groups is 1. The first-order chi connectivity index (χ1) is 9.12. The summed E-state index contributed by atoms with van der Waals surface area (Å²) in [4.78, 5) is 18.8. The summed E-state index contributed by atoms with van der Waals surface area (Å²) < 4.78 is 0. The predicted molar refractivity (Wildman–Crippen MR) is 80.8 cm³/mol. The minimum absolute atomic E-state index is 0.147. The summed E-state index contributed by atoms with van der Waals surface area (Å²) in [5.74, 6) is 0.146. The van der Waals surface area contributed by atoms with Gasteiger partial charge in [0.25, 0.3) is 5.91 Å². The number of likely N-dealkylation sites (N-methyl/N-ethyl adjacent to an activating group) is 1. The number of nitrogen functional groups attached to an aromatic ring is 1. The Labute approximate surface area is 118 Å². The molecule has 4 N–H and O–H groups in total. The number of thiazole rings is 1. The minimum atomic E-state index is -0.147. The van der Waals surface area contributed by atoms with Gasteiger partial charge >= 0.3 is 0 Å². The quantitative estimate of drug-likeness (QED) is 0.669. The fraction of sp³-hybridized carbons (Fsp3) is 0.667. The molecule has 0 unspecified atom stereocenters. The van der Waals surface area contributed by atoms with Crippen molar-refractivity contribution in [3.8, 4) is 0 Å². The highest BCUT2D eigenvalue weighted by molar-refractivity contribution is 7.18. The molecule has 0 fully saturated rings. The lowest BCUT2D eigenvalue weighted by Crippen LogP contribution is -2.34. The van der Waals surface area contributed by atoms with E-state index in [9.17, 15) is 4.79 Å². The topological polar surface area (TPSA) is 83.3 Å². The number of hydrogen-bond donors (Lipinski definition) is 3. The standard InChI is InChI=1S/C12H23N5OS/c1-4-14-12-16-10(13)9(19-12)11(18)15-7-8-17(5-2)6-3/h4-8,13H2,1-3H3,(H,14,16)(H,15,18). The second-order valence-corrected chi connectivity index (χ2v) is 5.05. The molecule has 1 rings (SSSR count). The van der Waals surface area contributed by atoms with Crippen molar-refractivity contribution in [1.82, 2.24) is 15.2 Å². The van der Waals surface area contributed by atoms with Crippen LogP contribution in [0.25, 0.3) is 0 Å². The van der Waals surface area contributed by atoms with E-state index >= 15 is 0 Å². The zero-order chi connectivity index (χ0) is 14.3. The molecule has 0 saturated heterocycles. The van der Waals surface area contributed by atoms with Crippen LogP contribution in [0.1, 0.15) is 30.4 Å². The Kier molecular flexibility index (Phi) is 6.58. The number of carbonyl (C=O) groups excluding carboxylic acids is 1. The van der Waals surface area contributed by atoms with E-state index in [0.29, 0.717) is 22.4 Å². The van der Waals surface area contributed by atoms with Gasteiger partial charge in [-0.05, 0) is 20.0 Å². The third-order valence-electron chi connectivity index (χ3n) is 2.80. The van der Waals surface area contributed by atoms with Gasteiger partial charge in [0.15, 0.2) is 5.13 Å². The number of nitrogens with one attached hydrogen (secondary N) is 2. The first-order valence-corrected chi connectivity index (χ1v) is 7.44. The van der Waals surface area contributed by atoms with Gasteiger partial charge in [-0.25, -0.2) is 4.98 Å². The molecule has 19 heavy (non-hydrogen) atoms. The molecule has 0 bridgehead atoms. The molecular formula is C12H23N5OS. The minimum Gasteiger partial charge on any atom is -0.382 e. The Hall–Kier alpha value is -1.34. The number of amides is 1. The predicted octanol–water partition coefficient (Wildman–Crippen LogP) is 1.23. The van der Waals surface area contributed by atoms with Crippen LogP contribution in [0.3, 0.4) is 0 Å². The zero-order valence-corrected chi connectivity index (χ0v) is 12.6. The van der Waals surface area contributed by atoms with Gasteiger partial charge in [-0.3, -0.25) is 4.79 Å². The molecule has 0 aliphatic carbocycles. The normalized spacial score (nSPS) is 10.7. The second kappa shape index (κ2) is 7.96. The fourth-order valence-corrected chi connectivity index (χ4v) is 2.54. The summed E-state index contributed by atoms with van der Waals surface area (Å²) in [6.45, 7) is 10.4. The van der Waals surface area contributed by atoms with E-state index in [1.165, 1.54) is 11.3 Å². The van der Waals surface area contributed by atoms with E-state index < -0.39 is 0 Å². The number of aromatic nitrogens is 1. The van der Waals surface area contributed by atoms with Gasteiger partial charge in [0.2, 0.25) is 0 Å². The summed E-state index contributed by atoms with van der Waals surface area (Å²) in [5.41, 5.74) is 5.74. The molecule has 1 aromatic heterocycles. The van der Waals surface area contributed by atoms with E-state index in [-0.39, 0.29) is 5.91 Å². The highest BCUT2D eigenvalue weighted by Gasteiger charge is 2.15. The van der Waals surface area contributed by atoms with Crippen molar-refractivity contribution < 1.29 is 4.79 Å². The number of anilines is 2. The van der Waals surface area contributed by atoms with Gasteiger partial charge in [0.05, 0.1) is 0 Å². The number of nitrogens with two attached hydrogens (primary N) is 1. The maximum atomic E-state index is 12.0. The average Bonchev–Trinajstić information content (AvgIpc) is 2.76. The van der Waals surface area contributed by atoms with Crippen LogP contribution in [-0.4, -0.2) is 48.5 Å². The molecule has 0 aromatic carbocycles. The highest BCUT2D eigenvalue weighted by atomic mass is 32.1. The summed E-state index contributed by atoms with van der Waals surface area (Å²) in [7, 11) is 0. The Morgan fingerprint density at radius 1 is 1.37 bits per heavy atom. The Balaban J connectivity index is 2.49. The first kappa shape index (κ1) is 15.7. The summed E-state index contributed by atoms with van der Waals surface area (Å²) >= 11 is 1.29. The van der Waals surface area contributed by atoms with Crippen LogP contribution in [0.4, 0.5) is 10.9 Å². The van der Waals surface area contributed by atoms with Crippen LogP contribution in [0.15, 0.2) is 0 Å². The van der Waals surface area contributed by atoms with Crippen LogP contribution in [0, 0.1) is 0 Å². The molecule has 1 heterocycles. The molecule has 0 spiro atoms. The van der Waals surface area contributed by atoms with Crippen LogP contribution >= 0.6 is 11.3 Å². The summed E-state index contributed by atoms with van der Waals surface area (Å²) in [6, 6.07) is 0. The summed E-state index contributed by atoms with van der Waals surface area (Å²) in [6.07, 6.45) is 0. The van der Waals surface area contributed by atoms with Crippen molar-refractivity contribution in [3.05, 3.63) is 4.88 Å². The molecular weight excluding hydrogens is 262 g/mol. The van der Waals surface area contributed by atoms with Gasteiger partial charge in [0, 0.05) is 19.6 Å². The van der Waals surface area contributed by atoms with Crippen molar-refractivity contribution in [1.29, 1.82) is 0 Å². The SMILES string of the molecule is CCNc1nc(N)c(C(=O)NCCN(CC)CC)s1. The number of rotatable bonds is 8. The van der Waals surface area contributed by atoms with Gasteiger partial charge in [-0.2, -0.15) is 0 Å². The average molecular weight is 285 g/mol. The molecule has 0 atom stereocenters. The summed E-state index contributed by atoms with van der Waals surface area (Å²) in [5, 5.41) is 6.62. The van der Waals surface area contributed by atoms with Crippen molar-refractivity contribution in [3.63, 3.8) is 0 Å². The molecule has 1 aromatic rings. The Morgan fingerprint density at radius 2 is 2.05 bits per heavy atom. The largest absolute Gasteiger partial charge is 0.382 e. The maximum Gasteiger partial charge on any atom is 0.265 e. The number of nitrogens with zero attached hydrogens (tertiary/aromatic N) is 2. The third kappa shape index (κ3) is 4.68. The monoisotopic (exact) mass is 285 g/mol. The molecule has 0 aliphatic rings. The van der Waals surface area contributed by atoms with Crippen LogP contribution in [0.2, 0.25) is 0 Å². The van der Waals surface area contributed by atoms with Crippen molar-refractivity contribution in [2.24, 2.45) is 0 Å². The Bertz CT molecular complexity index is 403. The van der Waals surface area contributed by atoms with Gasteiger partial charge in [-0.1, -0.05) is 25.2 Å². The van der Waals surface area contributed by atoms with Gasteiger partial charge in [0.1, 0.15) is 10.7 Å². The highest BCUT2D eigenvalue weighted by Crippen LogP contribution is 2.24. The molecule has 108 valence electrons. The van der Waals surface area contributed by atoms with E-state index in [2.05, 4.69) is 34.4 Å². The molecule has 0 saturated carbocycles. The van der Waals surface area contributed by atoms with Crippen LogP contribution < -0.4 is 16.4 Å². The van der Waals surface area contributed by atoms with Crippen LogP contribution in [0.5, 0.6) is 0 Å². The zero-order valence-electron chi connectivity index (χ0n) is 11.8. The molecule has 6 nitrogen and oxygen atoms in total.